The highest BCUT2D eigenvalue weighted by Crippen LogP contribution is 2.48. The summed E-state index contributed by atoms with van der Waals surface area (Å²) in [7, 11) is 0. The van der Waals surface area contributed by atoms with Crippen molar-refractivity contribution < 1.29 is 19.4 Å². The molecule has 2 aliphatic rings. The van der Waals surface area contributed by atoms with Crippen molar-refractivity contribution in [2.75, 3.05) is 19.8 Å². The standard InChI is InChI=1S/C16H25NO4/c1-2-3-8-21-9-4-7-17-15(18)13-11-5-6-12(10-11)14(13)16(19)20/h5-6,11-14H,2-4,7-10H2,1H3,(H,17,18)(H,19,20). The Kier molecular flexibility index (Phi) is 5.79. The normalized spacial score (nSPS) is 29.8. The number of carboxylic acids is 1. The number of carbonyl (C=O) groups is 2. The Labute approximate surface area is 125 Å². The molecule has 0 heterocycles. The molecule has 5 heteroatoms. The Bertz CT molecular complexity index is 407. The van der Waals surface area contributed by atoms with Crippen LogP contribution >= 0.6 is 0 Å². The molecule has 0 saturated heterocycles. The second kappa shape index (κ2) is 7.59. The van der Waals surface area contributed by atoms with Gasteiger partial charge in [-0.1, -0.05) is 25.5 Å². The molecule has 2 N–H and O–H groups in total. The Hall–Kier alpha value is -1.36. The van der Waals surface area contributed by atoms with Crippen LogP contribution in [0.15, 0.2) is 12.2 Å². The summed E-state index contributed by atoms with van der Waals surface area (Å²) in [6.07, 6.45) is 7.70. The monoisotopic (exact) mass is 295 g/mol. The van der Waals surface area contributed by atoms with Crippen molar-refractivity contribution in [2.45, 2.75) is 32.6 Å². The van der Waals surface area contributed by atoms with E-state index >= 15 is 0 Å². The van der Waals surface area contributed by atoms with E-state index in [-0.39, 0.29) is 17.7 Å². The fourth-order valence-corrected chi connectivity index (χ4v) is 3.37. The lowest BCUT2D eigenvalue weighted by atomic mass is 9.82. The maximum atomic E-state index is 12.2. The van der Waals surface area contributed by atoms with Crippen LogP contribution in [0.2, 0.25) is 0 Å². The van der Waals surface area contributed by atoms with Crippen molar-refractivity contribution in [3.05, 3.63) is 12.2 Å². The number of aliphatic carboxylic acids is 1. The largest absolute Gasteiger partial charge is 0.481 e. The lowest BCUT2D eigenvalue weighted by Gasteiger charge is -2.23. The highest BCUT2D eigenvalue weighted by atomic mass is 16.5. The lowest BCUT2D eigenvalue weighted by Crippen LogP contribution is -2.40. The molecule has 4 atom stereocenters. The summed E-state index contributed by atoms with van der Waals surface area (Å²) in [5.74, 6) is -1.81. The number of amides is 1. The molecule has 4 unspecified atom stereocenters. The van der Waals surface area contributed by atoms with Gasteiger partial charge in [0.15, 0.2) is 0 Å². The molecule has 0 aromatic carbocycles. The summed E-state index contributed by atoms with van der Waals surface area (Å²) in [6, 6.07) is 0. The van der Waals surface area contributed by atoms with Gasteiger partial charge in [-0.05, 0) is 31.1 Å². The molecule has 0 aliphatic heterocycles. The van der Waals surface area contributed by atoms with Crippen LogP contribution in [0, 0.1) is 23.7 Å². The van der Waals surface area contributed by atoms with Crippen molar-refractivity contribution in [3.63, 3.8) is 0 Å². The van der Waals surface area contributed by atoms with Gasteiger partial charge in [0.05, 0.1) is 11.8 Å². The van der Waals surface area contributed by atoms with Gasteiger partial charge < -0.3 is 15.2 Å². The van der Waals surface area contributed by atoms with E-state index in [1.54, 1.807) is 0 Å². The van der Waals surface area contributed by atoms with Crippen LogP contribution in [0.25, 0.3) is 0 Å². The maximum absolute atomic E-state index is 12.2. The Morgan fingerprint density at radius 1 is 1.19 bits per heavy atom. The molecule has 0 aromatic rings. The van der Waals surface area contributed by atoms with E-state index in [2.05, 4.69) is 12.2 Å². The molecule has 1 amide bonds. The first-order chi connectivity index (χ1) is 10.1. The summed E-state index contributed by atoms with van der Waals surface area (Å²) < 4.78 is 5.43. The van der Waals surface area contributed by atoms with E-state index in [1.165, 1.54) is 0 Å². The summed E-state index contributed by atoms with van der Waals surface area (Å²) in [5.41, 5.74) is 0. The van der Waals surface area contributed by atoms with Gasteiger partial charge in [-0.3, -0.25) is 9.59 Å². The van der Waals surface area contributed by atoms with Crippen LogP contribution in [0.4, 0.5) is 0 Å². The number of ether oxygens (including phenoxy) is 1. The lowest BCUT2D eigenvalue weighted by molar-refractivity contribution is -0.147. The second-order valence-electron chi connectivity index (χ2n) is 5.95. The number of allylic oxidation sites excluding steroid dienone is 2. The van der Waals surface area contributed by atoms with Crippen molar-refractivity contribution in [2.24, 2.45) is 23.7 Å². The smallest absolute Gasteiger partial charge is 0.307 e. The quantitative estimate of drug-likeness (QED) is 0.502. The predicted molar refractivity (Wildman–Crippen MR) is 78.7 cm³/mol. The molecule has 21 heavy (non-hydrogen) atoms. The molecular formula is C16H25NO4. The van der Waals surface area contributed by atoms with Crippen LogP contribution in [0.5, 0.6) is 0 Å². The van der Waals surface area contributed by atoms with Crippen LogP contribution in [-0.4, -0.2) is 36.7 Å². The molecule has 2 aliphatic carbocycles. The van der Waals surface area contributed by atoms with Gasteiger partial charge in [0.1, 0.15) is 0 Å². The Balaban J connectivity index is 1.71. The topological polar surface area (TPSA) is 75.6 Å². The molecule has 0 aromatic heterocycles. The van der Waals surface area contributed by atoms with Crippen LogP contribution in [0.1, 0.15) is 32.6 Å². The summed E-state index contributed by atoms with van der Waals surface area (Å²) in [4.78, 5) is 23.6. The third kappa shape index (κ3) is 3.84. The number of rotatable bonds is 9. The van der Waals surface area contributed by atoms with Gasteiger partial charge in [-0.15, -0.1) is 0 Å². The Morgan fingerprint density at radius 3 is 2.52 bits per heavy atom. The molecule has 5 nitrogen and oxygen atoms in total. The minimum absolute atomic E-state index is 0.0284. The number of unbranched alkanes of at least 4 members (excludes halogenated alkanes) is 1. The summed E-state index contributed by atoms with van der Waals surface area (Å²) >= 11 is 0. The zero-order chi connectivity index (χ0) is 15.2. The number of nitrogens with one attached hydrogen (secondary N) is 1. The SMILES string of the molecule is CCCCOCCCNC(=O)C1C2C=CC(C2)C1C(=O)O. The maximum Gasteiger partial charge on any atom is 0.307 e. The van der Waals surface area contributed by atoms with E-state index in [9.17, 15) is 14.7 Å². The van der Waals surface area contributed by atoms with Crippen molar-refractivity contribution in [1.29, 1.82) is 0 Å². The average molecular weight is 295 g/mol. The molecule has 2 bridgehead atoms. The molecule has 0 spiro atoms. The fraction of sp³-hybridized carbons (Fsp3) is 0.750. The number of carbonyl (C=O) groups excluding carboxylic acids is 1. The summed E-state index contributed by atoms with van der Waals surface area (Å²) in [6.45, 7) is 4.07. The zero-order valence-electron chi connectivity index (χ0n) is 12.6. The van der Waals surface area contributed by atoms with E-state index in [0.717, 1.165) is 32.3 Å². The molecule has 1 saturated carbocycles. The molecule has 0 radical (unpaired) electrons. The third-order valence-corrected chi connectivity index (χ3v) is 4.45. The number of fused-ring (bicyclic) bond motifs is 2. The zero-order valence-corrected chi connectivity index (χ0v) is 12.6. The van der Waals surface area contributed by atoms with Crippen molar-refractivity contribution in [1.82, 2.24) is 5.32 Å². The first-order valence-electron chi connectivity index (χ1n) is 7.91. The van der Waals surface area contributed by atoms with Crippen LogP contribution < -0.4 is 5.32 Å². The highest BCUT2D eigenvalue weighted by molar-refractivity contribution is 5.86. The number of hydrogen-bond acceptors (Lipinski definition) is 3. The first-order valence-corrected chi connectivity index (χ1v) is 7.91. The van der Waals surface area contributed by atoms with E-state index in [0.29, 0.717) is 13.2 Å². The third-order valence-electron chi connectivity index (χ3n) is 4.45. The summed E-state index contributed by atoms with van der Waals surface area (Å²) in [5, 5.41) is 12.2. The minimum Gasteiger partial charge on any atom is -0.481 e. The highest BCUT2D eigenvalue weighted by Gasteiger charge is 2.51. The van der Waals surface area contributed by atoms with Gasteiger partial charge in [-0.2, -0.15) is 0 Å². The first kappa shape index (κ1) is 16.0. The van der Waals surface area contributed by atoms with Crippen LogP contribution in [-0.2, 0) is 14.3 Å². The fourth-order valence-electron chi connectivity index (χ4n) is 3.37. The number of hydrogen-bond donors (Lipinski definition) is 2. The van der Waals surface area contributed by atoms with Crippen LogP contribution in [0.3, 0.4) is 0 Å². The second-order valence-corrected chi connectivity index (χ2v) is 5.95. The average Bonchev–Trinajstić information content (AvgIpc) is 3.06. The molecular weight excluding hydrogens is 270 g/mol. The van der Waals surface area contributed by atoms with Crippen molar-refractivity contribution in [3.8, 4) is 0 Å². The minimum atomic E-state index is -0.852. The Morgan fingerprint density at radius 2 is 1.86 bits per heavy atom. The molecule has 1 fully saturated rings. The molecule has 118 valence electrons. The predicted octanol–water partition coefficient (Wildman–Crippen LogP) is 1.83. The van der Waals surface area contributed by atoms with Gasteiger partial charge in [0, 0.05) is 19.8 Å². The van der Waals surface area contributed by atoms with Gasteiger partial charge in [-0.25, -0.2) is 0 Å². The van der Waals surface area contributed by atoms with E-state index < -0.39 is 17.8 Å². The molecule has 2 rings (SSSR count). The number of carboxylic acid groups (broad SMARTS) is 1. The van der Waals surface area contributed by atoms with Gasteiger partial charge in [0.25, 0.3) is 0 Å². The van der Waals surface area contributed by atoms with Gasteiger partial charge >= 0.3 is 5.97 Å². The van der Waals surface area contributed by atoms with Gasteiger partial charge in [0.2, 0.25) is 5.91 Å². The van der Waals surface area contributed by atoms with Crippen molar-refractivity contribution >= 4 is 11.9 Å². The van der Waals surface area contributed by atoms with E-state index in [4.69, 9.17) is 4.74 Å². The van der Waals surface area contributed by atoms with E-state index in [1.807, 2.05) is 12.2 Å².